The van der Waals surface area contributed by atoms with E-state index in [2.05, 4.69) is 23.4 Å². The summed E-state index contributed by atoms with van der Waals surface area (Å²) in [6, 6.07) is 11.3. The number of imide groups is 1. The predicted octanol–water partition coefficient (Wildman–Crippen LogP) is 3.29. The number of carbonyl (C=O) groups is 2. The Bertz CT molecular complexity index is 748. The number of nitrogens with zero attached hydrogens (tertiary/aromatic N) is 2. The van der Waals surface area contributed by atoms with Gasteiger partial charge in [0.15, 0.2) is 0 Å². The van der Waals surface area contributed by atoms with Crippen LogP contribution in [0.1, 0.15) is 18.2 Å². The summed E-state index contributed by atoms with van der Waals surface area (Å²) < 4.78 is 5.75. The maximum absolute atomic E-state index is 11.6. The Morgan fingerprint density at radius 2 is 2.16 bits per heavy atom. The number of amides is 2. The summed E-state index contributed by atoms with van der Waals surface area (Å²) in [5.74, 6) is 0.594. The normalized spacial score (nSPS) is 14.0. The molecule has 2 amide bonds. The molecule has 1 N–H and O–H groups in total. The molecule has 1 aromatic carbocycles. The van der Waals surface area contributed by atoms with Gasteiger partial charge in [-0.2, -0.15) is 5.01 Å². The maximum Gasteiger partial charge on any atom is 0.307 e. The van der Waals surface area contributed by atoms with Gasteiger partial charge in [-0.05, 0) is 30.2 Å². The van der Waals surface area contributed by atoms with Gasteiger partial charge in [-0.3, -0.25) is 20.0 Å². The average molecular weight is 357 g/mol. The summed E-state index contributed by atoms with van der Waals surface area (Å²) >= 11 is 0.988. The van der Waals surface area contributed by atoms with Crippen molar-refractivity contribution in [3.05, 3.63) is 53.9 Å². The summed E-state index contributed by atoms with van der Waals surface area (Å²) in [4.78, 5) is 27.7. The molecule has 0 aliphatic carbocycles. The first-order valence-corrected chi connectivity index (χ1v) is 9.07. The Kier molecular flexibility index (Phi) is 5.55. The second kappa shape index (κ2) is 8.02. The molecule has 0 spiro atoms. The molecule has 0 unspecified atom stereocenters. The zero-order chi connectivity index (χ0) is 17.6. The number of benzene rings is 1. The number of aromatic nitrogens is 1. The topological polar surface area (TPSA) is 71.5 Å². The van der Waals surface area contributed by atoms with E-state index in [-0.39, 0.29) is 16.9 Å². The molecule has 1 aromatic heterocycles. The van der Waals surface area contributed by atoms with E-state index >= 15 is 0 Å². The van der Waals surface area contributed by atoms with Gasteiger partial charge < -0.3 is 4.74 Å². The largest absolute Gasteiger partial charge is 0.493 e. The van der Waals surface area contributed by atoms with Crippen molar-refractivity contribution in [2.75, 3.05) is 17.8 Å². The number of thioether (sulfide) groups is 1. The molecule has 2 heterocycles. The lowest BCUT2D eigenvalue weighted by Crippen LogP contribution is -2.34. The van der Waals surface area contributed by atoms with Gasteiger partial charge in [-0.1, -0.05) is 30.8 Å². The summed E-state index contributed by atoms with van der Waals surface area (Å²) in [5, 5.41) is 0.737. The van der Waals surface area contributed by atoms with Gasteiger partial charge in [0.2, 0.25) is 0 Å². The molecule has 25 heavy (non-hydrogen) atoms. The van der Waals surface area contributed by atoms with Crippen LogP contribution in [0.15, 0.2) is 42.6 Å². The molecule has 0 radical (unpaired) electrons. The third kappa shape index (κ3) is 4.51. The van der Waals surface area contributed by atoms with Crippen molar-refractivity contribution in [3.8, 4) is 5.75 Å². The van der Waals surface area contributed by atoms with Crippen LogP contribution >= 0.6 is 11.8 Å². The van der Waals surface area contributed by atoms with Gasteiger partial charge in [0.05, 0.1) is 18.0 Å². The summed E-state index contributed by atoms with van der Waals surface area (Å²) in [6.07, 6.45) is 3.58. The van der Waals surface area contributed by atoms with Crippen molar-refractivity contribution >= 4 is 28.6 Å². The van der Waals surface area contributed by atoms with Gasteiger partial charge in [0, 0.05) is 24.4 Å². The molecule has 1 aliphatic heterocycles. The van der Waals surface area contributed by atoms with Crippen molar-refractivity contribution in [2.45, 2.75) is 19.8 Å². The highest BCUT2D eigenvalue weighted by Crippen LogP contribution is 2.23. The summed E-state index contributed by atoms with van der Waals surface area (Å²) in [6.45, 7) is 2.60. The minimum atomic E-state index is -0.294. The number of hydrazine groups is 1. The number of hydrogen-bond acceptors (Lipinski definition) is 6. The van der Waals surface area contributed by atoms with Crippen molar-refractivity contribution in [3.63, 3.8) is 0 Å². The van der Waals surface area contributed by atoms with Crippen LogP contribution in [-0.4, -0.2) is 33.5 Å². The smallest absolute Gasteiger partial charge is 0.307 e. The van der Waals surface area contributed by atoms with Gasteiger partial charge in [-0.15, -0.1) is 0 Å². The van der Waals surface area contributed by atoms with E-state index in [9.17, 15) is 9.59 Å². The number of ether oxygens (including phenoxy) is 1. The first-order chi connectivity index (χ1) is 12.2. The number of pyridine rings is 1. The summed E-state index contributed by atoms with van der Waals surface area (Å²) in [7, 11) is 0. The van der Waals surface area contributed by atoms with Crippen LogP contribution in [0.3, 0.4) is 0 Å². The number of anilines is 1. The predicted molar refractivity (Wildman–Crippen MR) is 97.6 cm³/mol. The van der Waals surface area contributed by atoms with Crippen LogP contribution in [-0.2, 0) is 17.6 Å². The Labute approximate surface area is 150 Å². The Balaban J connectivity index is 1.54. The number of carbonyl (C=O) groups excluding carboxylic acids is 2. The zero-order valence-corrected chi connectivity index (χ0v) is 14.7. The zero-order valence-electron chi connectivity index (χ0n) is 13.9. The van der Waals surface area contributed by atoms with Crippen molar-refractivity contribution in [1.82, 2.24) is 9.99 Å². The van der Waals surface area contributed by atoms with Crippen molar-refractivity contribution in [1.29, 1.82) is 0 Å². The fourth-order valence-electron chi connectivity index (χ4n) is 2.33. The monoisotopic (exact) mass is 357 g/mol. The molecule has 0 atom stereocenters. The highest BCUT2D eigenvalue weighted by atomic mass is 32.2. The van der Waals surface area contributed by atoms with E-state index in [0.717, 1.165) is 28.9 Å². The highest BCUT2D eigenvalue weighted by molar-refractivity contribution is 8.14. The molecular formula is C18H19N3O3S. The second-order valence-corrected chi connectivity index (χ2v) is 6.46. The summed E-state index contributed by atoms with van der Waals surface area (Å²) in [5.41, 5.74) is 5.65. The van der Waals surface area contributed by atoms with Crippen molar-refractivity contribution in [2.24, 2.45) is 0 Å². The van der Waals surface area contributed by atoms with Gasteiger partial charge in [-0.25, -0.2) is 0 Å². The highest BCUT2D eigenvalue weighted by Gasteiger charge is 2.30. The van der Waals surface area contributed by atoms with Gasteiger partial charge in [0.25, 0.3) is 5.91 Å². The lowest BCUT2D eigenvalue weighted by atomic mass is 10.2. The molecule has 0 bridgehead atoms. The molecule has 1 saturated heterocycles. The Morgan fingerprint density at radius 1 is 1.28 bits per heavy atom. The fourth-order valence-corrected chi connectivity index (χ4v) is 2.99. The van der Waals surface area contributed by atoms with Crippen LogP contribution in [0.4, 0.5) is 10.5 Å². The molecule has 1 aliphatic rings. The second-order valence-electron chi connectivity index (χ2n) is 5.53. The fraction of sp³-hybridized carbons (Fsp3) is 0.278. The number of aryl methyl sites for hydroxylation is 1. The number of nitrogens with one attached hydrogen (secondary N) is 1. The SMILES string of the molecule is CCc1ccc(CCOc2cccc(NN3C(=O)CSC3=O)c2)nc1. The number of rotatable bonds is 7. The Morgan fingerprint density at radius 3 is 2.84 bits per heavy atom. The minimum Gasteiger partial charge on any atom is -0.493 e. The van der Waals surface area contributed by atoms with E-state index in [0.29, 0.717) is 24.5 Å². The van der Waals surface area contributed by atoms with Crippen LogP contribution in [0, 0.1) is 0 Å². The molecular weight excluding hydrogens is 338 g/mol. The van der Waals surface area contributed by atoms with Crippen LogP contribution < -0.4 is 10.2 Å². The van der Waals surface area contributed by atoms with Gasteiger partial charge >= 0.3 is 5.24 Å². The van der Waals surface area contributed by atoms with Crippen LogP contribution in [0.5, 0.6) is 5.75 Å². The van der Waals surface area contributed by atoms with E-state index in [1.807, 2.05) is 24.4 Å². The Hall–Kier alpha value is -2.54. The third-order valence-electron chi connectivity index (χ3n) is 3.75. The number of hydrogen-bond donors (Lipinski definition) is 1. The lowest BCUT2D eigenvalue weighted by Gasteiger charge is -2.16. The van der Waals surface area contributed by atoms with E-state index in [4.69, 9.17) is 4.74 Å². The molecule has 130 valence electrons. The molecule has 6 nitrogen and oxygen atoms in total. The first kappa shape index (κ1) is 17.3. The molecule has 2 aromatic rings. The van der Waals surface area contributed by atoms with Crippen LogP contribution in [0.2, 0.25) is 0 Å². The third-order valence-corrected chi connectivity index (χ3v) is 4.57. The molecule has 0 saturated carbocycles. The average Bonchev–Trinajstić information content (AvgIpc) is 2.95. The van der Waals surface area contributed by atoms with Crippen LogP contribution in [0.25, 0.3) is 0 Å². The molecule has 7 heteroatoms. The van der Waals surface area contributed by atoms with Crippen molar-refractivity contribution < 1.29 is 14.3 Å². The van der Waals surface area contributed by atoms with E-state index in [1.54, 1.807) is 12.1 Å². The maximum atomic E-state index is 11.6. The molecule has 1 fully saturated rings. The molecule has 3 rings (SSSR count). The van der Waals surface area contributed by atoms with Gasteiger partial charge in [0.1, 0.15) is 5.75 Å². The lowest BCUT2D eigenvalue weighted by molar-refractivity contribution is -0.123. The first-order valence-electron chi connectivity index (χ1n) is 8.08. The quantitative estimate of drug-likeness (QED) is 0.820. The standard InChI is InChI=1S/C18H19N3O3S/c1-2-13-6-7-14(19-11-13)8-9-24-16-5-3-4-15(10-16)20-21-17(22)12-25-18(21)23/h3-7,10-11,20H,2,8-9,12H2,1H3. The van der Waals surface area contributed by atoms with E-state index < -0.39 is 0 Å². The van der Waals surface area contributed by atoms with E-state index in [1.165, 1.54) is 5.56 Å². The minimum absolute atomic E-state index is 0.172.